The van der Waals surface area contributed by atoms with E-state index in [2.05, 4.69) is 56.5 Å². The molecule has 0 spiro atoms. The fraction of sp³-hybridized carbons (Fsp3) is 0.632. The number of aryl methyl sites for hydroxylation is 1. The first kappa shape index (κ1) is 20.0. The van der Waals surface area contributed by atoms with Crippen LogP contribution in [0.3, 0.4) is 0 Å². The van der Waals surface area contributed by atoms with Crippen LogP contribution in [0.5, 0.6) is 0 Å². The fourth-order valence-corrected chi connectivity index (χ4v) is 3.36. The highest BCUT2D eigenvalue weighted by Crippen LogP contribution is 2.28. The average Bonchev–Trinajstić information content (AvgIpc) is 2.49. The van der Waals surface area contributed by atoms with Crippen LogP contribution in [0.15, 0.2) is 18.2 Å². The standard InChI is InChI=1S/C19H30N2O.ClH/c1-13(2)17-9-5-7-14(3)19(17)21-18(22)11-15(4)16-8-6-10-20-12-16;/h5,7,9,13,15-16,20H,6,8,10-12H2,1-4H3,(H,21,22);1H. The smallest absolute Gasteiger partial charge is 0.224 e. The van der Waals surface area contributed by atoms with E-state index in [1.165, 1.54) is 18.4 Å². The number of anilines is 1. The van der Waals surface area contributed by atoms with Gasteiger partial charge in [0.25, 0.3) is 0 Å². The minimum absolute atomic E-state index is 0. The number of carbonyl (C=O) groups is 1. The number of benzene rings is 1. The van der Waals surface area contributed by atoms with E-state index in [4.69, 9.17) is 0 Å². The van der Waals surface area contributed by atoms with Gasteiger partial charge in [0.2, 0.25) is 5.91 Å². The summed E-state index contributed by atoms with van der Waals surface area (Å²) in [5, 5.41) is 6.61. The number of nitrogens with one attached hydrogen (secondary N) is 2. The molecule has 2 unspecified atom stereocenters. The van der Waals surface area contributed by atoms with Gasteiger partial charge in [-0.2, -0.15) is 0 Å². The first-order valence-corrected chi connectivity index (χ1v) is 8.59. The van der Waals surface area contributed by atoms with E-state index in [1.807, 2.05) is 0 Å². The molecule has 1 aromatic carbocycles. The maximum absolute atomic E-state index is 12.5. The molecule has 0 saturated carbocycles. The van der Waals surface area contributed by atoms with E-state index in [-0.39, 0.29) is 18.3 Å². The zero-order chi connectivity index (χ0) is 16.1. The molecule has 0 bridgehead atoms. The van der Waals surface area contributed by atoms with Crippen molar-refractivity contribution in [3.63, 3.8) is 0 Å². The molecule has 3 nitrogen and oxygen atoms in total. The molecular formula is C19H31ClN2O. The van der Waals surface area contributed by atoms with Crippen LogP contribution in [0.1, 0.15) is 57.1 Å². The van der Waals surface area contributed by atoms with Gasteiger partial charge in [-0.15, -0.1) is 12.4 Å². The predicted molar refractivity (Wildman–Crippen MR) is 101 cm³/mol. The van der Waals surface area contributed by atoms with Crippen molar-refractivity contribution in [3.05, 3.63) is 29.3 Å². The van der Waals surface area contributed by atoms with Crippen LogP contribution in [0.4, 0.5) is 5.69 Å². The predicted octanol–water partition coefficient (Wildman–Crippen LogP) is 4.50. The van der Waals surface area contributed by atoms with Crippen molar-refractivity contribution >= 4 is 24.0 Å². The lowest BCUT2D eigenvalue weighted by molar-refractivity contribution is -0.117. The lowest BCUT2D eigenvalue weighted by Crippen LogP contribution is -2.34. The van der Waals surface area contributed by atoms with Gasteiger partial charge in [0.05, 0.1) is 0 Å². The van der Waals surface area contributed by atoms with Gasteiger partial charge in [0, 0.05) is 12.1 Å². The third-order valence-corrected chi connectivity index (χ3v) is 4.84. The van der Waals surface area contributed by atoms with Crippen LogP contribution >= 0.6 is 12.4 Å². The van der Waals surface area contributed by atoms with E-state index >= 15 is 0 Å². The first-order chi connectivity index (χ1) is 10.5. The van der Waals surface area contributed by atoms with E-state index in [1.54, 1.807) is 0 Å². The zero-order valence-corrected chi connectivity index (χ0v) is 15.6. The minimum atomic E-state index is 0. The second-order valence-corrected chi connectivity index (χ2v) is 7.03. The van der Waals surface area contributed by atoms with Crippen molar-refractivity contribution in [2.45, 2.75) is 52.9 Å². The highest BCUT2D eigenvalue weighted by atomic mass is 35.5. The van der Waals surface area contributed by atoms with E-state index < -0.39 is 0 Å². The van der Waals surface area contributed by atoms with Crippen LogP contribution in [-0.2, 0) is 4.79 Å². The topological polar surface area (TPSA) is 41.1 Å². The van der Waals surface area contributed by atoms with Crippen molar-refractivity contribution in [1.29, 1.82) is 0 Å². The van der Waals surface area contributed by atoms with Gasteiger partial charge in [-0.3, -0.25) is 4.79 Å². The van der Waals surface area contributed by atoms with Crippen molar-refractivity contribution in [2.75, 3.05) is 18.4 Å². The summed E-state index contributed by atoms with van der Waals surface area (Å²) < 4.78 is 0. The van der Waals surface area contributed by atoms with Crippen LogP contribution in [0, 0.1) is 18.8 Å². The quantitative estimate of drug-likeness (QED) is 0.829. The third-order valence-electron chi connectivity index (χ3n) is 4.84. The third kappa shape index (κ3) is 5.50. The molecular weight excluding hydrogens is 308 g/mol. The Bertz CT molecular complexity index is 510. The Hall–Kier alpha value is -1.06. The van der Waals surface area contributed by atoms with E-state index in [0.717, 1.165) is 24.3 Å². The Kier molecular flexibility index (Phi) is 8.07. The molecule has 0 aromatic heterocycles. The first-order valence-electron chi connectivity index (χ1n) is 8.59. The minimum Gasteiger partial charge on any atom is -0.326 e. The van der Waals surface area contributed by atoms with E-state index in [0.29, 0.717) is 24.2 Å². The number of amides is 1. The molecule has 2 rings (SSSR count). The lowest BCUT2D eigenvalue weighted by Gasteiger charge is -2.28. The average molecular weight is 339 g/mol. The van der Waals surface area contributed by atoms with Gasteiger partial charge in [0.15, 0.2) is 0 Å². The summed E-state index contributed by atoms with van der Waals surface area (Å²) in [4.78, 5) is 12.5. The highest BCUT2D eigenvalue weighted by Gasteiger charge is 2.22. The number of hydrogen-bond acceptors (Lipinski definition) is 2. The Morgan fingerprint density at radius 2 is 2.09 bits per heavy atom. The van der Waals surface area contributed by atoms with E-state index in [9.17, 15) is 4.79 Å². The Morgan fingerprint density at radius 3 is 2.70 bits per heavy atom. The molecule has 0 radical (unpaired) electrons. The molecule has 0 aliphatic carbocycles. The number of piperidine rings is 1. The van der Waals surface area contributed by atoms with Gasteiger partial charge >= 0.3 is 0 Å². The summed E-state index contributed by atoms with van der Waals surface area (Å²) in [6.07, 6.45) is 3.08. The summed E-state index contributed by atoms with van der Waals surface area (Å²) in [6.45, 7) is 10.8. The highest BCUT2D eigenvalue weighted by molar-refractivity contribution is 5.92. The molecule has 2 atom stereocenters. The number of halogens is 1. The van der Waals surface area contributed by atoms with Crippen LogP contribution in [0.2, 0.25) is 0 Å². The molecule has 1 heterocycles. The molecule has 1 saturated heterocycles. The normalized spacial score (nSPS) is 19.1. The molecule has 1 fully saturated rings. The van der Waals surface area contributed by atoms with Gasteiger partial charge in [-0.1, -0.05) is 39.0 Å². The molecule has 1 aliphatic rings. The summed E-state index contributed by atoms with van der Waals surface area (Å²) in [5.74, 6) is 1.62. The molecule has 130 valence electrons. The monoisotopic (exact) mass is 338 g/mol. The summed E-state index contributed by atoms with van der Waals surface area (Å²) >= 11 is 0. The fourth-order valence-electron chi connectivity index (χ4n) is 3.36. The van der Waals surface area contributed by atoms with Crippen LogP contribution in [0.25, 0.3) is 0 Å². The number of hydrogen-bond donors (Lipinski definition) is 2. The van der Waals surface area contributed by atoms with Crippen molar-refractivity contribution in [1.82, 2.24) is 5.32 Å². The molecule has 4 heteroatoms. The Balaban J connectivity index is 0.00000264. The van der Waals surface area contributed by atoms with Crippen LogP contribution < -0.4 is 10.6 Å². The number of carbonyl (C=O) groups excluding carboxylic acids is 1. The maximum atomic E-state index is 12.5. The van der Waals surface area contributed by atoms with Gasteiger partial charge in [0.1, 0.15) is 0 Å². The summed E-state index contributed by atoms with van der Waals surface area (Å²) in [6, 6.07) is 6.24. The van der Waals surface area contributed by atoms with Gasteiger partial charge in [-0.05, 0) is 61.7 Å². The lowest BCUT2D eigenvalue weighted by atomic mass is 9.85. The molecule has 1 aromatic rings. The largest absolute Gasteiger partial charge is 0.326 e. The van der Waals surface area contributed by atoms with Gasteiger partial charge < -0.3 is 10.6 Å². The Labute approximate surface area is 147 Å². The van der Waals surface area contributed by atoms with Crippen molar-refractivity contribution in [3.8, 4) is 0 Å². The molecule has 2 N–H and O–H groups in total. The second kappa shape index (κ2) is 9.29. The number of para-hydroxylation sites is 1. The number of rotatable bonds is 5. The molecule has 23 heavy (non-hydrogen) atoms. The molecule has 1 aliphatic heterocycles. The van der Waals surface area contributed by atoms with Gasteiger partial charge in [-0.25, -0.2) is 0 Å². The zero-order valence-electron chi connectivity index (χ0n) is 14.8. The Morgan fingerprint density at radius 1 is 1.35 bits per heavy atom. The van der Waals surface area contributed by atoms with Crippen LogP contribution in [-0.4, -0.2) is 19.0 Å². The summed E-state index contributed by atoms with van der Waals surface area (Å²) in [5.41, 5.74) is 3.38. The van der Waals surface area contributed by atoms with Crippen molar-refractivity contribution < 1.29 is 4.79 Å². The SMILES string of the molecule is Cc1cccc(C(C)C)c1NC(=O)CC(C)C1CCCNC1.Cl. The summed E-state index contributed by atoms with van der Waals surface area (Å²) in [7, 11) is 0. The van der Waals surface area contributed by atoms with Crippen molar-refractivity contribution in [2.24, 2.45) is 11.8 Å². The maximum Gasteiger partial charge on any atom is 0.224 e. The molecule has 1 amide bonds. The second-order valence-electron chi connectivity index (χ2n) is 7.03.